The number of nitrogens with zero attached hydrogens (tertiary/aromatic N) is 5. The largest absolute Gasteiger partial charge is 0.365 e. The van der Waals surface area contributed by atoms with Crippen LogP contribution in [0.1, 0.15) is 10.4 Å². The number of anilines is 1. The van der Waals surface area contributed by atoms with Crippen molar-refractivity contribution in [3.8, 4) is 5.95 Å². The number of fused-ring (bicyclic) bond motifs is 1. The maximum absolute atomic E-state index is 4.62. The molecule has 23 heavy (non-hydrogen) atoms. The van der Waals surface area contributed by atoms with Gasteiger partial charge in [-0.3, -0.25) is 0 Å². The fraction of sp³-hybridized carbons (Fsp3) is 0.125. The Balaban J connectivity index is 1.74. The van der Waals surface area contributed by atoms with Gasteiger partial charge in [0.15, 0.2) is 0 Å². The van der Waals surface area contributed by atoms with E-state index < -0.39 is 0 Å². The highest BCUT2D eigenvalue weighted by Crippen LogP contribution is 2.29. The minimum Gasteiger partial charge on any atom is -0.365 e. The standard InChI is InChI=1S/C16H14N6S/c1-11-7-13-14(18-8-12-5-3-2-4-6-12)20-16(21-15(13)23-11)22-10-17-9-19-22/h2-7,9-10H,8H2,1H3,(H,18,20,21). The first-order chi connectivity index (χ1) is 11.3. The lowest BCUT2D eigenvalue weighted by Gasteiger charge is -2.08. The third-order valence-corrected chi connectivity index (χ3v) is 4.37. The minimum absolute atomic E-state index is 0.521. The second kappa shape index (κ2) is 5.77. The smallest absolute Gasteiger partial charge is 0.255 e. The van der Waals surface area contributed by atoms with Crippen LogP contribution in [0, 0.1) is 6.92 Å². The monoisotopic (exact) mass is 322 g/mol. The maximum atomic E-state index is 4.62. The van der Waals surface area contributed by atoms with E-state index in [0.717, 1.165) is 16.0 Å². The van der Waals surface area contributed by atoms with Crippen molar-refractivity contribution in [1.29, 1.82) is 0 Å². The van der Waals surface area contributed by atoms with Crippen molar-refractivity contribution in [1.82, 2.24) is 24.7 Å². The summed E-state index contributed by atoms with van der Waals surface area (Å²) in [4.78, 5) is 15.3. The van der Waals surface area contributed by atoms with Crippen LogP contribution < -0.4 is 5.32 Å². The first-order valence-corrected chi connectivity index (χ1v) is 8.02. The Hall–Kier alpha value is -2.80. The van der Waals surface area contributed by atoms with E-state index in [9.17, 15) is 0 Å². The summed E-state index contributed by atoms with van der Waals surface area (Å²) in [7, 11) is 0. The van der Waals surface area contributed by atoms with Gasteiger partial charge in [-0.15, -0.1) is 11.3 Å². The molecule has 4 rings (SSSR count). The molecular weight excluding hydrogens is 308 g/mol. The van der Waals surface area contributed by atoms with Crippen LogP contribution >= 0.6 is 11.3 Å². The number of hydrogen-bond donors (Lipinski definition) is 1. The average Bonchev–Trinajstić information content (AvgIpc) is 3.21. The summed E-state index contributed by atoms with van der Waals surface area (Å²) in [5, 5.41) is 8.57. The molecule has 0 aliphatic carbocycles. The van der Waals surface area contributed by atoms with Gasteiger partial charge in [-0.1, -0.05) is 30.3 Å². The van der Waals surface area contributed by atoms with E-state index in [1.54, 1.807) is 22.3 Å². The molecule has 0 bridgehead atoms. The Morgan fingerprint density at radius 3 is 2.83 bits per heavy atom. The summed E-state index contributed by atoms with van der Waals surface area (Å²) in [6.45, 7) is 2.78. The Kier molecular flexibility index (Phi) is 3.47. The molecule has 0 fully saturated rings. The third-order valence-electron chi connectivity index (χ3n) is 3.43. The van der Waals surface area contributed by atoms with Crippen molar-refractivity contribution in [3.05, 3.63) is 59.5 Å². The number of thiophene rings is 1. The first-order valence-electron chi connectivity index (χ1n) is 7.20. The van der Waals surface area contributed by atoms with Gasteiger partial charge in [-0.05, 0) is 18.6 Å². The molecule has 3 heterocycles. The fourth-order valence-electron chi connectivity index (χ4n) is 2.36. The molecule has 0 saturated carbocycles. The van der Waals surface area contributed by atoms with Crippen molar-refractivity contribution in [2.24, 2.45) is 0 Å². The lowest BCUT2D eigenvalue weighted by molar-refractivity contribution is 0.815. The Labute approximate surface area is 136 Å². The fourth-order valence-corrected chi connectivity index (χ4v) is 3.24. The van der Waals surface area contributed by atoms with E-state index in [1.807, 2.05) is 18.2 Å². The SMILES string of the molecule is Cc1cc2c(NCc3ccccc3)nc(-n3cncn3)nc2s1. The number of aryl methyl sites for hydroxylation is 1. The van der Waals surface area contributed by atoms with Crippen LogP contribution in [0.4, 0.5) is 5.82 Å². The number of aromatic nitrogens is 5. The molecule has 0 spiro atoms. The number of hydrogen-bond acceptors (Lipinski definition) is 6. The van der Waals surface area contributed by atoms with Gasteiger partial charge in [0.25, 0.3) is 5.95 Å². The molecule has 1 aromatic carbocycles. The predicted octanol–water partition coefficient (Wildman–Crippen LogP) is 3.19. The highest BCUT2D eigenvalue weighted by atomic mass is 32.1. The Bertz CT molecular complexity index is 930. The van der Waals surface area contributed by atoms with E-state index in [4.69, 9.17) is 0 Å². The molecular formula is C16H14N6S. The molecule has 0 aliphatic heterocycles. The molecule has 6 nitrogen and oxygen atoms in total. The quantitative estimate of drug-likeness (QED) is 0.625. The summed E-state index contributed by atoms with van der Waals surface area (Å²) in [6.07, 6.45) is 3.08. The second-order valence-electron chi connectivity index (χ2n) is 5.13. The van der Waals surface area contributed by atoms with E-state index >= 15 is 0 Å². The predicted molar refractivity (Wildman–Crippen MR) is 90.8 cm³/mol. The van der Waals surface area contributed by atoms with Crippen molar-refractivity contribution in [2.75, 3.05) is 5.32 Å². The molecule has 0 unspecified atom stereocenters. The molecule has 0 atom stereocenters. The lowest BCUT2D eigenvalue weighted by Crippen LogP contribution is -2.07. The molecule has 0 radical (unpaired) electrons. The van der Waals surface area contributed by atoms with Gasteiger partial charge in [0.05, 0.1) is 5.39 Å². The number of rotatable bonds is 4. The van der Waals surface area contributed by atoms with Crippen molar-refractivity contribution >= 4 is 27.4 Å². The number of nitrogens with one attached hydrogen (secondary N) is 1. The summed E-state index contributed by atoms with van der Waals surface area (Å²) < 4.78 is 1.57. The van der Waals surface area contributed by atoms with Gasteiger partial charge >= 0.3 is 0 Å². The van der Waals surface area contributed by atoms with E-state index in [0.29, 0.717) is 12.5 Å². The van der Waals surface area contributed by atoms with Crippen molar-refractivity contribution in [3.63, 3.8) is 0 Å². The zero-order valence-corrected chi connectivity index (χ0v) is 13.3. The second-order valence-corrected chi connectivity index (χ2v) is 6.36. The third kappa shape index (κ3) is 2.78. The van der Waals surface area contributed by atoms with Gasteiger partial charge in [0, 0.05) is 11.4 Å². The molecule has 4 aromatic rings. The summed E-state index contributed by atoms with van der Waals surface area (Å²) in [6, 6.07) is 12.4. The zero-order chi connectivity index (χ0) is 15.6. The maximum Gasteiger partial charge on any atom is 0.255 e. The molecule has 114 valence electrons. The minimum atomic E-state index is 0.521. The Morgan fingerprint density at radius 1 is 1.17 bits per heavy atom. The van der Waals surface area contributed by atoms with Crippen LogP contribution in [0.25, 0.3) is 16.2 Å². The van der Waals surface area contributed by atoms with Gasteiger partial charge in [-0.2, -0.15) is 19.7 Å². The van der Waals surface area contributed by atoms with Crippen LogP contribution in [0.5, 0.6) is 0 Å². The van der Waals surface area contributed by atoms with Gasteiger partial charge in [0.1, 0.15) is 23.3 Å². The van der Waals surface area contributed by atoms with E-state index in [1.165, 1.54) is 16.8 Å². The van der Waals surface area contributed by atoms with Crippen LogP contribution in [-0.4, -0.2) is 24.7 Å². The molecule has 3 aromatic heterocycles. The molecule has 0 aliphatic rings. The topological polar surface area (TPSA) is 68.5 Å². The van der Waals surface area contributed by atoms with Gasteiger partial charge < -0.3 is 5.32 Å². The highest BCUT2D eigenvalue weighted by molar-refractivity contribution is 7.18. The molecule has 1 N–H and O–H groups in total. The van der Waals surface area contributed by atoms with Gasteiger partial charge in [0.2, 0.25) is 0 Å². The first kappa shape index (κ1) is 13.8. The normalized spacial score (nSPS) is 11.0. The molecule has 0 saturated heterocycles. The summed E-state index contributed by atoms with van der Waals surface area (Å²) >= 11 is 1.65. The van der Waals surface area contributed by atoms with Crippen molar-refractivity contribution in [2.45, 2.75) is 13.5 Å². The van der Waals surface area contributed by atoms with Crippen LogP contribution in [0.15, 0.2) is 49.1 Å². The van der Waals surface area contributed by atoms with E-state index in [2.05, 4.69) is 50.5 Å². The lowest BCUT2D eigenvalue weighted by atomic mass is 10.2. The Morgan fingerprint density at radius 2 is 2.04 bits per heavy atom. The van der Waals surface area contributed by atoms with E-state index in [-0.39, 0.29) is 0 Å². The molecule has 7 heteroatoms. The van der Waals surface area contributed by atoms with Gasteiger partial charge in [-0.25, -0.2) is 4.98 Å². The van der Waals surface area contributed by atoms with Crippen LogP contribution in [-0.2, 0) is 6.54 Å². The summed E-state index contributed by atoms with van der Waals surface area (Å²) in [5.74, 6) is 1.33. The van der Waals surface area contributed by atoms with Crippen molar-refractivity contribution < 1.29 is 0 Å². The number of benzene rings is 1. The zero-order valence-electron chi connectivity index (χ0n) is 12.5. The highest BCUT2D eigenvalue weighted by Gasteiger charge is 2.12. The van der Waals surface area contributed by atoms with Crippen LogP contribution in [0.3, 0.4) is 0 Å². The molecule has 0 amide bonds. The average molecular weight is 322 g/mol. The summed E-state index contributed by atoms with van der Waals surface area (Å²) in [5.41, 5.74) is 1.20. The van der Waals surface area contributed by atoms with Crippen LogP contribution in [0.2, 0.25) is 0 Å².